The monoisotopic (exact) mass is 338 g/mol. The van der Waals surface area contributed by atoms with Crippen LogP contribution < -0.4 is 5.73 Å². The SMILES string of the molecule is C=Cc1ccc(CN(CCN)C(CC)[Si](OC)(OC)OC)cc1. The number of rotatable bonds is 11. The molecular weight excluding hydrogens is 308 g/mol. The van der Waals surface area contributed by atoms with Crippen LogP contribution in [0.4, 0.5) is 0 Å². The van der Waals surface area contributed by atoms with Gasteiger partial charge >= 0.3 is 8.80 Å². The van der Waals surface area contributed by atoms with E-state index in [9.17, 15) is 0 Å². The third-order valence-corrected chi connectivity index (χ3v) is 7.40. The first-order valence-electron chi connectivity index (χ1n) is 7.91. The minimum absolute atomic E-state index is 0.0603. The minimum Gasteiger partial charge on any atom is -0.376 e. The Morgan fingerprint density at radius 2 is 1.74 bits per heavy atom. The van der Waals surface area contributed by atoms with E-state index in [0.29, 0.717) is 6.54 Å². The van der Waals surface area contributed by atoms with Crippen molar-refractivity contribution in [1.29, 1.82) is 0 Å². The van der Waals surface area contributed by atoms with Crippen molar-refractivity contribution in [3.8, 4) is 0 Å². The zero-order valence-corrected chi connectivity index (χ0v) is 15.7. The van der Waals surface area contributed by atoms with Crippen LogP contribution in [-0.4, -0.2) is 53.8 Å². The van der Waals surface area contributed by atoms with Crippen LogP contribution >= 0.6 is 0 Å². The molecule has 0 spiro atoms. The summed E-state index contributed by atoms with van der Waals surface area (Å²) in [5.41, 5.74) is 8.22. The summed E-state index contributed by atoms with van der Waals surface area (Å²) in [4.78, 5) is 2.30. The number of nitrogens with zero attached hydrogens (tertiary/aromatic N) is 1. The number of benzene rings is 1. The fourth-order valence-electron chi connectivity index (χ4n) is 2.89. The molecule has 5 nitrogen and oxygen atoms in total. The molecule has 0 aromatic heterocycles. The van der Waals surface area contributed by atoms with Gasteiger partial charge in [0.2, 0.25) is 0 Å². The van der Waals surface area contributed by atoms with Crippen LogP contribution in [0, 0.1) is 0 Å². The molecule has 1 aromatic rings. The second-order valence-electron chi connectivity index (χ2n) is 5.34. The van der Waals surface area contributed by atoms with Crippen molar-refractivity contribution in [3.63, 3.8) is 0 Å². The van der Waals surface area contributed by atoms with E-state index in [0.717, 1.165) is 25.1 Å². The summed E-state index contributed by atoms with van der Waals surface area (Å²) in [6.45, 7) is 8.01. The van der Waals surface area contributed by atoms with Gasteiger partial charge in [0.25, 0.3) is 0 Å². The van der Waals surface area contributed by atoms with Gasteiger partial charge in [0.1, 0.15) is 0 Å². The average Bonchev–Trinajstić information content (AvgIpc) is 2.60. The first-order valence-corrected chi connectivity index (χ1v) is 9.71. The fourth-order valence-corrected chi connectivity index (χ4v) is 5.38. The third kappa shape index (κ3) is 4.97. The van der Waals surface area contributed by atoms with Gasteiger partial charge in [-0.25, -0.2) is 0 Å². The van der Waals surface area contributed by atoms with Gasteiger partial charge in [-0.3, -0.25) is 4.90 Å². The molecular formula is C17H30N2O3Si. The van der Waals surface area contributed by atoms with Crippen LogP contribution in [0.2, 0.25) is 0 Å². The van der Waals surface area contributed by atoms with Crippen molar-refractivity contribution in [3.05, 3.63) is 42.0 Å². The second kappa shape index (κ2) is 9.97. The van der Waals surface area contributed by atoms with Crippen molar-refractivity contribution in [2.45, 2.75) is 25.6 Å². The Bertz CT molecular complexity index is 455. The van der Waals surface area contributed by atoms with E-state index in [2.05, 4.69) is 42.7 Å². The van der Waals surface area contributed by atoms with E-state index in [1.807, 2.05) is 6.08 Å². The molecule has 0 bridgehead atoms. The first-order chi connectivity index (χ1) is 11.1. The van der Waals surface area contributed by atoms with Crippen molar-refractivity contribution >= 4 is 14.9 Å². The standard InChI is InChI=1S/C17H30N2O3Si/c1-6-15-8-10-16(11-9-15)14-19(13-12-18)17(7-2)23(20-3,21-4)22-5/h6,8-11,17H,1,7,12-14,18H2,2-5H3. The number of hydrogen-bond acceptors (Lipinski definition) is 5. The van der Waals surface area contributed by atoms with Crippen molar-refractivity contribution < 1.29 is 13.3 Å². The van der Waals surface area contributed by atoms with Crippen LogP contribution in [-0.2, 0) is 19.8 Å². The van der Waals surface area contributed by atoms with Gasteiger partial charge in [-0.2, -0.15) is 0 Å². The highest BCUT2D eigenvalue weighted by Gasteiger charge is 2.49. The summed E-state index contributed by atoms with van der Waals surface area (Å²) in [6.07, 6.45) is 2.71. The molecule has 1 rings (SSSR count). The quantitative estimate of drug-likeness (QED) is 0.627. The van der Waals surface area contributed by atoms with Crippen molar-refractivity contribution in [2.24, 2.45) is 5.73 Å². The van der Waals surface area contributed by atoms with E-state index in [-0.39, 0.29) is 5.67 Å². The smallest absolute Gasteiger partial charge is 0.376 e. The molecule has 0 heterocycles. The third-order valence-electron chi connectivity index (χ3n) is 4.11. The average molecular weight is 339 g/mol. The highest BCUT2D eigenvalue weighted by Crippen LogP contribution is 2.22. The predicted octanol–water partition coefficient (Wildman–Crippen LogP) is 2.29. The van der Waals surface area contributed by atoms with Crippen molar-refractivity contribution in [2.75, 3.05) is 34.4 Å². The largest absolute Gasteiger partial charge is 0.518 e. The molecule has 6 heteroatoms. The van der Waals surface area contributed by atoms with Crippen molar-refractivity contribution in [1.82, 2.24) is 4.90 Å². The molecule has 0 amide bonds. The molecule has 1 unspecified atom stereocenters. The highest BCUT2D eigenvalue weighted by molar-refractivity contribution is 6.62. The maximum Gasteiger partial charge on any atom is 0.518 e. The number of nitrogens with two attached hydrogens (primary N) is 1. The van der Waals surface area contributed by atoms with Crippen LogP contribution in [0.25, 0.3) is 6.08 Å². The summed E-state index contributed by atoms with van der Waals surface area (Å²) < 4.78 is 17.1. The zero-order valence-electron chi connectivity index (χ0n) is 14.7. The summed E-state index contributed by atoms with van der Waals surface area (Å²) in [7, 11) is 2.20. The molecule has 0 aliphatic rings. The molecule has 1 aromatic carbocycles. The topological polar surface area (TPSA) is 57.0 Å². The Morgan fingerprint density at radius 3 is 2.13 bits per heavy atom. The van der Waals surface area contributed by atoms with E-state index in [1.165, 1.54) is 5.56 Å². The summed E-state index contributed by atoms with van der Waals surface area (Å²) in [6, 6.07) is 8.36. The molecule has 1 atom stereocenters. The highest BCUT2D eigenvalue weighted by atomic mass is 28.4. The van der Waals surface area contributed by atoms with Crippen LogP contribution in [0.1, 0.15) is 24.5 Å². The fraction of sp³-hybridized carbons (Fsp3) is 0.529. The summed E-state index contributed by atoms with van der Waals surface area (Å²) in [5, 5.41) is 0. The van der Waals surface area contributed by atoms with Gasteiger partial charge in [0.05, 0.1) is 5.67 Å². The van der Waals surface area contributed by atoms with Gasteiger partial charge in [0.15, 0.2) is 0 Å². The second-order valence-corrected chi connectivity index (χ2v) is 8.44. The molecule has 0 radical (unpaired) electrons. The lowest BCUT2D eigenvalue weighted by Gasteiger charge is -2.39. The lowest BCUT2D eigenvalue weighted by atomic mass is 10.1. The van der Waals surface area contributed by atoms with Crippen LogP contribution in [0.15, 0.2) is 30.8 Å². The van der Waals surface area contributed by atoms with Gasteiger partial charge in [0, 0.05) is 41.0 Å². The first kappa shape index (κ1) is 20.0. The minimum atomic E-state index is -2.76. The zero-order chi connectivity index (χ0) is 17.3. The maximum absolute atomic E-state index is 5.83. The lowest BCUT2D eigenvalue weighted by molar-refractivity contribution is 0.0706. The normalized spacial score (nSPS) is 13.3. The van der Waals surface area contributed by atoms with E-state index in [1.54, 1.807) is 21.3 Å². The lowest BCUT2D eigenvalue weighted by Crippen LogP contribution is -2.61. The summed E-state index contributed by atoms with van der Waals surface area (Å²) >= 11 is 0. The van der Waals surface area contributed by atoms with E-state index in [4.69, 9.17) is 19.0 Å². The van der Waals surface area contributed by atoms with Gasteiger partial charge in [-0.15, -0.1) is 0 Å². The van der Waals surface area contributed by atoms with E-state index < -0.39 is 8.80 Å². The molecule has 2 N–H and O–H groups in total. The molecule has 0 saturated carbocycles. The Hall–Kier alpha value is -1.02. The van der Waals surface area contributed by atoms with Crippen LogP contribution in [0.5, 0.6) is 0 Å². The molecule has 0 saturated heterocycles. The molecule has 0 aliphatic carbocycles. The molecule has 0 aliphatic heterocycles. The Morgan fingerprint density at radius 1 is 1.17 bits per heavy atom. The summed E-state index contributed by atoms with van der Waals surface area (Å²) in [5.74, 6) is 0. The Kier molecular flexibility index (Phi) is 8.68. The molecule has 130 valence electrons. The van der Waals surface area contributed by atoms with E-state index >= 15 is 0 Å². The Labute approximate surface area is 141 Å². The maximum atomic E-state index is 5.83. The van der Waals surface area contributed by atoms with Gasteiger partial charge in [-0.05, 0) is 17.5 Å². The number of hydrogen-bond donors (Lipinski definition) is 1. The Balaban J connectivity index is 3.02. The van der Waals surface area contributed by atoms with Crippen LogP contribution in [0.3, 0.4) is 0 Å². The van der Waals surface area contributed by atoms with Gasteiger partial charge in [-0.1, -0.05) is 43.8 Å². The predicted molar refractivity (Wildman–Crippen MR) is 96.9 cm³/mol. The van der Waals surface area contributed by atoms with Gasteiger partial charge < -0.3 is 19.0 Å². The molecule has 0 fully saturated rings. The molecule has 23 heavy (non-hydrogen) atoms.